The molecular formula is C17H18N2O. The maximum absolute atomic E-state index is 12.2. The Labute approximate surface area is 118 Å². The quantitative estimate of drug-likeness (QED) is 0.839. The number of aryl methyl sites for hydroxylation is 1. The fourth-order valence-electron chi connectivity index (χ4n) is 2.56. The lowest BCUT2D eigenvalue weighted by Crippen LogP contribution is -2.27. The van der Waals surface area contributed by atoms with E-state index in [2.05, 4.69) is 17.4 Å². The third-order valence-corrected chi connectivity index (χ3v) is 3.79. The van der Waals surface area contributed by atoms with Crippen LogP contribution in [0.15, 0.2) is 48.5 Å². The summed E-state index contributed by atoms with van der Waals surface area (Å²) in [6.07, 6.45) is 1.00. The first-order chi connectivity index (χ1) is 9.65. The van der Waals surface area contributed by atoms with Gasteiger partial charge in [0.05, 0.1) is 5.56 Å². The molecule has 3 nitrogen and oxygen atoms in total. The molecule has 3 heteroatoms. The zero-order valence-corrected chi connectivity index (χ0v) is 11.5. The molecule has 1 saturated carbocycles. The first kappa shape index (κ1) is 12.7. The zero-order valence-electron chi connectivity index (χ0n) is 11.5. The van der Waals surface area contributed by atoms with Gasteiger partial charge in [0.15, 0.2) is 0 Å². The minimum atomic E-state index is -0.0778. The lowest BCUT2D eigenvalue weighted by molar-refractivity contribution is 0.0951. The number of hydrogen-bond donors (Lipinski definition) is 2. The molecule has 0 spiro atoms. The molecule has 2 aromatic carbocycles. The van der Waals surface area contributed by atoms with Crippen LogP contribution in [-0.4, -0.2) is 11.9 Å². The molecule has 1 aliphatic carbocycles. The van der Waals surface area contributed by atoms with Crippen molar-refractivity contribution in [3.8, 4) is 0 Å². The van der Waals surface area contributed by atoms with E-state index in [0.717, 1.165) is 12.0 Å². The second-order valence-electron chi connectivity index (χ2n) is 5.42. The van der Waals surface area contributed by atoms with Gasteiger partial charge in [0.2, 0.25) is 0 Å². The van der Waals surface area contributed by atoms with Crippen LogP contribution in [0.4, 0.5) is 5.69 Å². The number of carbonyl (C=O) groups is 1. The molecule has 3 N–H and O–H groups in total. The standard InChI is InChI=1S/C17H18N2O/c1-11-7-8-13(15(18)9-11)17(20)19-16-10-14(16)12-5-3-2-4-6-12/h2-9,14,16H,10,18H2,1H3,(H,19,20). The molecule has 2 unspecified atom stereocenters. The fourth-order valence-corrected chi connectivity index (χ4v) is 2.56. The van der Waals surface area contributed by atoms with Gasteiger partial charge in [-0.2, -0.15) is 0 Å². The molecule has 20 heavy (non-hydrogen) atoms. The van der Waals surface area contributed by atoms with Crippen LogP contribution < -0.4 is 11.1 Å². The number of anilines is 1. The summed E-state index contributed by atoms with van der Waals surface area (Å²) in [6.45, 7) is 1.96. The molecule has 0 bridgehead atoms. The van der Waals surface area contributed by atoms with E-state index < -0.39 is 0 Å². The fraction of sp³-hybridized carbons (Fsp3) is 0.235. The smallest absolute Gasteiger partial charge is 0.253 e. The average Bonchev–Trinajstić information content (AvgIpc) is 3.18. The summed E-state index contributed by atoms with van der Waals surface area (Å²) in [5.74, 6) is 0.359. The number of carbonyl (C=O) groups excluding carboxylic acids is 1. The van der Waals surface area contributed by atoms with Crippen LogP contribution in [0.3, 0.4) is 0 Å². The van der Waals surface area contributed by atoms with E-state index in [1.165, 1.54) is 5.56 Å². The van der Waals surface area contributed by atoms with Crippen LogP contribution >= 0.6 is 0 Å². The van der Waals surface area contributed by atoms with Gasteiger partial charge in [-0.1, -0.05) is 36.4 Å². The van der Waals surface area contributed by atoms with Crippen molar-refractivity contribution in [2.45, 2.75) is 25.3 Å². The van der Waals surface area contributed by atoms with Crippen LogP contribution in [0.5, 0.6) is 0 Å². The van der Waals surface area contributed by atoms with Gasteiger partial charge in [-0.05, 0) is 36.6 Å². The highest BCUT2D eigenvalue weighted by atomic mass is 16.1. The van der Waals surface area contributed by atoms with Crippen molar-refractivity contribution < 1.29 is 4.79 Å². The van der Waals surface area contributed by atoms with E-state index in [0.29, 0.717) is 17.2 Å². The van der Waals surface area contributed by atoms with E-state index in [1.807, 2.05) is 37.3 Å². The number of amides is 1. The largest absolute Gasteiger partial charge is 0.398 e. The number of nitrogens with one attached hydrogen (secondary N) is 1. The Bertz CT molecular complexity index is 637. The maximum atomic E-state index is 12.2. The molecule has 1 aliphatic rings. The zero-order chi connectivity index (χ0) is 14.1. The Morgan fingerprint density at radius 1 is 1.20 bits per heavy atom. The van der Waals surface area contributed by atoms with Crippen LogP contribution in [0, 0.1) is 6.92 Å². The second kappa shape index (κ2) is 5.00. The first-order valence-electron chi connectivity index (χ1n) is 6.87. The van der Waals surface area contributed by atoms with Crippen molar-refractivity contribution in [3.63, 3.8) is 0 Å². The summed E-state index contributed by atoms with van der Waals surface area (Å²) < 4.78 is 0. The second-order valence-corrected chi connectivity index (χ2v) is 5.42. The third-order valence-electron chi connectivity index (χ3n) is 3.79. The first-order valence-corrected chi connectivity index (χ1v) is 6.87. The van der Waals surface area contributed by atoms with Gasteiger partial charge in [-0.15, -0.1) is 0 Å². The summed E-state index contributed by atoms with van der Waals surface area (Å²) in [7, 11) is 0. The lowest BCUT2D eigenvalue weighted by atomic mass is 10.1. The molecule has 3 rings (SSSR count). The summed E-state index contributed by atoms with van der Waals surface area (Å²) in [4.78, 5) is 12.2. The van der Waals surface area contributed by atoms with Gasteiger partial charge in [0.25, 0.3) is 5.91 Å². The minimum Gasteiger partial charge on any atom is -0.398 e. The molecule has 1 amide bonds. The van der Waals surface area contributed by atoms with Crippen molar-refractivity contribution in [2.24, 2.45) is 0 Å². The summed E-state index contributed by atoms with van der Waals surface area (Å²) in [5, 5.41) is 3.06. The number of nitrogens with two attached hydrogens (primary N) is 1. The van der Waals surface area contributed by atoms with Crippen molar-refractivity contribution in [2.75, 3.05) is 5.73 Å². The lowest BCUT2D eigenvalue weighted by Gasteiger charge is -2.08. The van der Waals surface area contributed by atoms with E-state index in [-0.39, 0.29) is 11.9 Å². The number of nitrogen functional groups attached to an aromatic ring is 1. The van der Waals surface area contributed by atoms with E-state index in [4.69, 9.17) is 5.73 Å². The van der Waals surface area contributed by atoms with Crippen LogP contribution in [-0.2, 0) is 0 Å². The van der Waals surface area contributed by atoms with Crippen molar-refractivity contribution in [1.82, 2.24) is 5.32 Å². The number of hydrogen-bond acceptors (Lipinski definition) is 2. The molecule has 1 fully saturated rings. The minimum absolute atomic E-state index is 0.0778. The van der Waals surface area contributed by atoms with Gasteiger partial charge < -0.3 is 11.1 Å². The number of benzene rings is 2. The highest BCUT2D eigenvalue weighted by molar-refractivity contribution is 5.99. The van der Waals surface area contributed by atoms with E-state index in [1.54, 1.807) is 6.07 Å². The molecule has 0 aromatic heterocycles. The SMILES string of the molecule is Cc1ccc(C(=O)NC2CC2c2ccccc2)c(N)c1. The molecule has 2 aromatic rings. The highest BCUT2D eigenvalue weighted by Crippen LogP contribution is 2.40. The van der Waals surface area contributed by atoms with Gasteiger partial charge in [0, 0.05) is 17.6 Å². The van der Waals surface area contributed by atoms with Crippen LogP contribution in [0.1, 0.15) is 33.8 Å². The summed E-state index contributed by atoms with van der Waals surface area (Å²) in [6, 6.07) is 16.0. The van der Waals surface area contributed by atoms with Crippen LogP contribution in [0.2, 0.25) is 0 Å². The van der Waals surface area contributed by atoms with E-state index in [9.17, 15) is 4.79 Å². The Morgan fingerprint density at radius 3 is 2.65 bits per heavy atom. The Balaban J connectivity index is 1.66. The number of rotatable bonds is 3. The van der Waals surface area contributed by atoms with E-state index >= 15 is 0 Å². The maximum Gasteiger partial charge on any atom is 0.253 e. The summed E-state index contributed by atoms with van der Waals surface area (Å²) in [5.41, 5.74) is 9.36. The predicted molar refractivity (Wildman–Crippen MR) is 80.6 cm³/mol. The Morgan fingerprint density at radius 2 is 1.95 bits per heavy atom. The molecule has 0 aliphatic heterocycles. The molecule has 2 atom stereocenters. The Hall–Kier alpha value is -2.29. The molecule has 0 heterocycles. The van der Waals surface area contributed by atoms with Crippen LogP contribution in [0.25, 0.3) is 0 Å². The Kier molecular flexibility index (Phi) is 3.18. The van der Waals surface area contributed by atoms with Gasteiger partial charge in [-0.3, -0.25) is 4.79 Å². The van der Waals surface area contributed by atoms with Gasteiger partial charge in [0.1, 0.15) is 0 Å². The van der Waals surface area contributed by atoms with Crippen molar-refractivity contribution in [1.29, 1.82) is 0 Å². The predicted octanol–water partition coefficient (Wildman–Crippen LogP) is 2.86. The van der Waals surface area contributed by atoms with Gasteiger partial charge in [-0.25, -0.2) is 0 Å². The topological polar surface area (TPSA) is 55.1 Å². The average molecular weight is 266 g/mol. The molecule has 102 valence electrons. The molecule has 0 radical (unpaired) electrons. The van der Waals surface area contributed by atoms with Crippen molar-refractivity contribution >= 4 is 11.6 Å². The highest BCUT2D eigenvalue weighted by Gasteiger charge is 2.39. The summed E-state index contributed by atoms with van der Waals surface area (Å²) >= 11 is 0. The third kappa shape index (κ3) is 2.52. The molecular weight excluding hydrogens is 248 g/mol. The monoisotopic (exact) mass is 266 g/mol. The van der Waals surface area contributed by atoms with Crippen molar-refractivity contribution in [3.05, 3.63) is 65.2 Å². The normalized spacial score (nSPS) is 20.4. The molecule has 0 saturated heterocycles. The van der Waals surface area contributed by atoms with Gasteiger partial charge >= 0.3 is 0 Å².